The van der Waals surface area contributed by atoms with Gasteiger partial charge in [0.15, 0.2) is 9.84 Å². The molecule has 0 aromatic heterocycles. The first-order valence-electron chi connectivity index (χ1n) is 7.77. The van der Waals surface area contributed by atoms with Gasteiger partial charge in [0, 0.05) is 24.7 Å². The molecule has 1 aromatic rings. The SMILES string of the molecule is CCCCN(C(=O)c1ccc(CN)cc1)C1CCS(=O)(=O)C1.Cl. The van der Waals surface area contributed by atoms with Crippen LogP contribution in [-0.4, -0.2) is 43.3 Å². The van der Waals surface area contributed by atoms with Gasteiger partial charge in [-0.2, -0.15) is 0 Å². The highest BCUT2D eigenvalue weighted by Crippen LogP contribution is 2.21. The van der Waals surface area contributed by atoms with Crippen molar-refractivity contribution >= 4 is 28.2 Å². The van der Waals surface area contributed by atoms with Crippen LogP contribution >= 0.6 is 12.4 Å². The fourth-order valence-corrected chi connectivity index (χ4v) is 4.48. The number of carbonyl (C=O) groups is 1. The third-order valence-electron chi connectivity index (χ3n) is 4.10. The molecule has 0 saturated carbocycles. The van der Waals surface area contributed by atoms with Gasteiger partial charge < -0.3 is 10.6 Å². The summed E-state index contributed by atoms with van der Waals surface area (Å²) >= 11 is 0. The number of nitrogens with two attached hydrogens (primary N) is 1. The molecule has 7 heteroatoms. The van der Waals surface area contributed by atoms with Gasteiger partial charge in [0.1, 0.15) is 0 Å². The van der Waals surface area contributed by atoms with Gasteiger partial charge in [0.05, 0.1) is 11.5 Å². The van der Waals surface area contributed by atoms with Gasteiger partial charge in [-0.25, -0.2) is 8.42 Å². The van der Waals surface area contributed by atoms with Crippen molar-refractivity contribution in [2.24, 2.45) is 5.73 Å². The predicted octanol–water partition coefficient (Wildman–Crippen LogP) is 2.00. The van der Waals surface area contributed by atoms with Crippen LogP contribution in [0.4, 0.5) is 0 Å². The quantitative estimate of drug-likeness (QED) is 0.841. The molecule has 130 valence electrons. The summed E-state index contributed by atoms with van der Waals surface area (Å²) < 4.78 is 23.4. The van der Waals surface area contributed by atoms with E-state index in [0.29, 0.717) is 25.1 Å². The molecule has 1 aliphatic heterocycles. The first kappa shape index (κ1) is 19.9. The van der Waals surface area contributed by atoms with E-state index in [0.717, 1.165) is 18.4 Å². The largest absolute Gasteiger partial charge is 0.335 e. The van der Waals surface area contributed by atoms with Crippen LogP contribution in [0.25, 0.3) is 0 Å². The Labute approximate surface area is 144 Å². The number of carbonyl (C=O) groups excluding carboxylic acids is 1. The Balaban J connectivity index is 0.00000264. The molecular formula is C16H25ClN2O3S. The van der Waals surface area contributed by atoms with E-state index < -0.39 is 9.84 Å². The van der Waals surface area contributed by atoms with Gasteiger partial charge in [0.2, 0.25) is 0 Å². The van der Waals surface area contributed by atoms with E-state index in [-0.39, 0.29) is 35.9 Å². The molecule has 1 heterocycles. The van der Waals surface area contributed by atoms with Crippen LogP contribution < -0.4 is 5.73 Å². The van der Waals surface area contributed by atoms with Crippen molar-refractivity contribution in [2.75, 3.05) is 18.1 Å². The molecule has 23 heavy (non-hydrogen) atoms. The molecular weight excluding hydrogens is 336 g/mol. The van der Waals surface area contributed by atoms with Crippen molar-refractivity contribution in [2.45, 2.75) is 38.8 Å². The van der Waals surface area contributed by atoms with Crippen LogP contribution in [-0.2, 0) is 16.4 Å². The van der Waals surface area contributed by atoms with Crippen molar-refractivity contribution in [3.8, 4) is 0 Å². The summed E-state index contributed by atoms with van der Waals surface area (Å²) in [5.41, 5.74) is 7.14. The van der Waals surface area contributed by atoms with E-state index in [1.807, 2.05) is 12.1 Å². The predicted molar refractivity (Wildman–Crippen MR) is 94.6 cm³/mol. The van der Waals surface area contributed by atoms with E-state index in [4.69, 9.17) is 5.73 Å². The third-order valence-corrected chi connectivity index (χ3v) is 5.85. The fraction of sp³-hybridized carbons (Fsp3) is 0.562. The summed E-state index contributed by atoms with van der Waals surface area (Å²) in [6.45, 7) is 3.10. The Bertz CT molecular complexity index is 617. The lowest BCUT2D eigenvalue weighted by Crippen LogP contribution is -2.41. The maximum atomic E-state index is 12.7. The zero-order valence-corrected chi connectivity index (χ0v) is 15.0. The molecule has 1 fully saturated rings. The average molecular weight is 361 g/mol. The molecule has 0 bridgehead atoms. The molecule has 0 radical (unpaired) electrons. The van der Waals surface area contributed by atoms with Gasteiger partial charge in [-0.05, 0) is 30.5 Å². The number of benzene rings is 1. The molecule has 1 aromatic carbocycles. The molecule has 5 nitrogen and oxygen atoms in total. The van der Waals surface area contributed by atoms with E-state index in [1.54, 1.807) is 17.0 Å². The van der Waals surface area contributed by atoms with Gasteiger partial charge >= 0.3 is 0 Å². The second-order valence-corrected chi connectivity index (χ2v) is 8.04. The Kier molecular flexibility index (Phi) is 7.51. The van der Waals surface area contributed by atoms with Crippen LogP contribution in [0.15, 0.2) is 24.3 Å². The maximum Gasteiger partial charge on any atom is 0.254 e. The van der Waals surface area contributed by atoms with Crippen LogP contribution in [0.1, 0.15) is 42.1 Å². The van der Waals surface area contributed by atoms with Crippen molar-refractivity contribution in [3.63, 3.8) is 0 Å². The number of amides is 1. The van der Waals surface area contributed by atoms with Gasteiger partial charge in [-0.1, -0.05) is 25.5 Å². The fourth-order valence-electron chi connectivity index (χ4n) is 2.75. The molecule has 1 aliphatic rings. The van der Waals surface area contributed by atoms with E-state index in [2.05, 4.69) is 6.92 Å². The number of sulfone groups is 1. The van der Waals surface area contributed by atoms with Gasteiger partial charge in [-0.3, -0.25) is 4.79 Å². The molecule has 2 rings (SSSR count). The summed E-state index contributed by atoms with van der Waals surface area (Å²) in [5, 5.41) is 0. The number of nitrogens with zero attached hydrogens (tertiary/aromatic N) is 1. The summed E-state index contributed by atoms with van der Waals surface area (Å²) in [6.07, 6.45) is 2.39. The van der Waals surface area contributed by atoms with Crippen molar-refractivity contribution in [1.29, 1.82) is 0 Å². The Hall–Kier alpha value is -1.11. The molecule has 2 N–H and O–H groups in total. The molecule has 0 spiro atoms. The number of unbranched alkanes of at least 4 members (excludes halogenated alkanes) is 1. The highest BCUT2D eigenvalue weighted by Gasteiger charge is 2.34. The Morgan fingerprint density at radius 3 is 2.43 bits per heavy atom. The van der Waals surface area contributed by atoms with Crippen molar-refractivity contribution in [3.05, 3.63) is 35.4 Å². The first-order valence-corrected chi connectivity index (χ1v) is 9.59. The highest BCUT2D eigenvalue weighted by molar-refractivity contribution is 7.91. The Morgan fingerprint density at radius 1 is 1.30 bits per heavy atom. The maximum absolute atomic E-state index is 12.7. The number of hydrogen-bond donors (Lipinski definition) is 1. The van der Waals surface area contributed by atoms with Crippen molar-refractivity contribution < 1.29 is 13.2 Å². The van der Waals surface area contributed by atoms with Crippen LogP contribution in [0.2, 0.25) is 0 Å². The molecule has 1 saturated heterocycles. The average Bonchev–Trinajstić information content (AvgIpc) is 2.87. The summed E-state index contributed by atoms with van der Waals surface area (Å²) in [7, 11) is -3.00. The summed E-state index contributed by atoms with van der Waals surface area (Å²) in [4.78, 5) is 14.5. The monoisotopic (exact) mass is 360 g/mol. The van der Waals surface area contributed by atoms with Crippen molar-refractivity contribution in [1.82, 2.24) is 4.90 Å². The molecule has 1 unspecified atom stereocenters. The topological polar surface area (TPSA) is 80.5 Å². The number of rotatable bonds is 6. The smallest absolute Gasteiger partial charge is 0.254 e. The van der Waals surface area contributed by atoms with E-state index in [9.17, 15) is 13.2 Å². The molecule has 1 atom stereocenters. The zero-order chi connectivity index (χ0) is 16.2. The van der Waals surface area contributed by atoms with Crippen LogP contribution in [0.3, 0.4) is 0 Å². The lowest BCUT2D eigenvalue weighted by molar-refractivity contribution is 0.0694. The van der Waals surface area contributed by atoms with E-state index in [1.165, 1.54) is 0 Å². The van der Waals surface area contributed by atoms with Crippen LogP contribution in [0, 0.1) is 0 Å². The summed E-state index contributed by atoms with van der Waals surface area (Å²) in [6, 6.07) is 7.03. The minimum absolute atomic E-state index is 0. The number of hydrogen-bond acceptors (Lipinski definition) is 4. The minimum atomic E-state index is -3.00. The lowest BCUT2D eigenvalue weighted by atomic mass is 10.1. The lowest BCUT2D eigenvalue weighted by Gasteiger charge is -2.28. The second kappa shape index (κ2) is 8.66. The first-order chi connectivity index (χ1) is 10.5. The van der Waals surface area contributed by atoms with Gasteiger partial charge in [0.25, 0.3) is 5.91 Å². The van der Waals surface area contributed by atoms with E-state index >= 15 is 0 Å². The molecule has 1 amide bonds. The minimum Gasteiger partial charge on any atom is -0.335 e. The normalized spacial score (nSPS) is 19.1. The van der Waals surface area contributed by atoms with Gasteiger partial charge in [-0.15, -0.1) is 12.4 Å². The van der Waals surface area contributed by atoms with Crippen LogP contribution in [0.5, 0.6) is 0 Å². The second-order valence-electron chi connectivity index (χ2n) is 5.81. The summed E-state index contributed by atoms with van der Waals surface area (Å²) in [5.74, 6) is 0.183. The Morgan fingerprint density at radius 2 is 1.96 bits per heavy atom. The standard InChI is InChI=1S/C16H24N2O3S.ClH/c1-2-3-9-18(15-8-10-22(20,21)12-15)16(19)14-6-4-13(11-17)5-7-14;/h4-7,15H,2-3,8-12,17H2,1H3;1H. The number of halogens is 1. The zero-order valence-electron chi connectivity index (χ0n) is 13.4. The third kappa shape index (κ3) is 5.19. The highest BCUT2D eigenvalue weighted by atomic mass is 35.5. The molecule has 0 aliphatic carbocycles.